The Balaban J connectivity index is 1.55. The van der Waals surface area contributed by atoms with E-state index in [1.807, 2.05) is 0 Å². The van der Waals surface area contributed by atoms with Crippen molar-refractivity contribution >= 4 is 5.91 Å². The predicted molar refractivity (Wildman–Crippen MR) is 85.6 cm³/mol. The molecular weight excluding hydrogens is 319 g/mol. The maximum absolute atomic E-state index is 12.9. The minimum Gasteiger partial charge on any atom is -0.338 e. The quantitative estimate of drug-likeness (QED) is 0.784. The average Bonchev–Trinajstić information content (AvgIpc) is 3.14. The van der Waals surface area contributed by atoms with Crippen LogP contribution >= 0.6 is 0 Å². The first kappa shape index (κ1) is 18.0. The standard InChI is InChI=1S/C17H28F3N3O/c1-21-8-2-4-14(21)15-5-3-9-23(15)16(24)13-6-10-22(11-7-13)12-17(18,19)20/h13-15H,2-12H2,1H3/t14-,15+/m1/s1. The molecule has 0 saturated carbocycles. The second-order valence-corrected chi connectivity index (χ2v) is 7.60. The zero-order valence-corrected chi connectivity index (χ0v) is 14.4. The van der Waals surface area contributed by atoms with Crippen LogP contribution in [0.1, 0.15) is 38.5 Å². The second kappa shape index (κ2) is 7.20. The Morgan fingerprint density at radius 3 is 2.17 bits per heavy atom. The van der Waals surface area contributed by atoms with Gasteiger partial charge in [0.25, 0.3) is 0 Å². The summed E-state index contributed by atoms with van der Waals surface area (Å²) in [4.78, 5) is 18.8. The fourth-order valence-electron chi connectivity index (χ4n) is 4.71. The third kappa shape index (κ3) is 4.04. The van der Waals surface area contributed by atoms with Crippen LogP contribution in [0.2, 0.25) is 0 Å². The molecule has 0 radical (unpaired) electrons. The van der Waals surface area contributed by atoms with E-state index in [1.54, 1.807) is 0 Å². The van der Waals surface area contributed by atoms with Crippen LogP contribution in [0.5, 0.6) is 0 Å². The van der Waals surface area contributed by atoms with Gasteiger partial charge in [-0.1, -0.05) is 0 Å². The van der Waals surface area contributed by atoms with E-state index < -0.39 is 12.7 Å². The van der Waals surface area contributed by atoms with E-state index in [0.29, 0.717) is 38.0 Å². The van der Waals surface area contributed by atoms with E-state index >= 15 is 0 Å². The highest BCUT2D eigenvalue weighted by Crippen LogP contribution is 2.32. The van der Waals surface area contributed by atoms with E-state index in [4.69, 9.17) is 0 Å². The van der Waals surface area contributed by atoms with Gasteiger partial charge in [0.1, 0.15) is 0 Å². The molecule has 3 heterocycles. The number of alkyl halides is 3. The van der Waals surface area contributed by atoms with Crippen molar-refractivity contribution in [3.05, 3.63) is 0 Å². The molecule has 24 heavy (non-hydrogen) atoms. The molecule has 0 spiro atoms. The molecule has 3 aliphatic rings. The van der Waals surface area contributed by atoms with Crippen molar-refractivity contribution in [2.24, 2.45) is 5.92 Å². The predicted octanol–water partition coefficient (Wildman–Crippen LogP) is 2.35. The average molecular weight is 347 g/mol. The number of piperidine rings is 1. The molecule has 3 fully saturated rings. The molecule has 4 nitrogen and oxygen atoms in total. The van der Waals surface area contributed by atoms with Crippen LogP contribution in [0, 0.1) is 5.92 Å². The fourth-order valence-corrected chi connectivity index (χ4v) is 4.71. The van der Waals surface area contributed by atoms with Crippen molar-refractivity contribution in [2.75, 3.05) is 39.8 Å². The summed E-state index contributed by atoms with van der Waals surface area (Å²) in [6.45, 7) is 1.80. The van der Waals surface area contributed by atoms with Crippen molar-refractivity contribution in [1.29, 1.82) is 0 Å². The van der Waals surface area contributed by atoms with Gasteiger partial charge in [0.2, 0.25) is 5.91 Å². The Kier molecular flexibility index (Phi) is 5.39. The number of rotatable bonds is 3. The molecule has 3 aliphatic heterocycles. The van der Waals surface area contributed by atoms with Crippen LogP contribution in [-0.2, 0) is 4.79 Å². The number of hydrogen-bond donors (Lipinski definition) is 0. The SMILES string of the molecule is CN1CCC[C@@H]1[C@@H]1CCCN1C(=O)C1CCN(CC(F)(F)F)CC1. The molecule has 1 amide bonds. The molecule has 0 aromatic rings. The molecule has 0 N–H and O–H groups in total. The van der Waals surface area contributed by atoms with Crippen molar-refractivity contribution in [2.45, 2.75) is 56.8 Å². The highest BCUT2D eigenvalue weighted by Gasteiger charge is 2.41. The molecular formula is C17H28F3N3O. The van der Waals surface area contributed by atoms with Crippen LogP contribution in [-0.4, -0.2) is 78.6 Å². The summed E-state index contributed by atoms with van der Waals surface area (Å²) >= 11 is 0. The van der Waals surface area contributed by atoms with Gasteiger partial charge in [0.05, 0.1) is 6.54 Å². The van der Waals surface area contributed by atoms with Crippen molar-refractivity contribution in [3.8, 4) is 0 Å². The highest BCUT2D eigenvalue weighted by molar-refractivity contribution is 5.79. The Hall–Kier alpha value is -0.820. The third-order valence-electron chi connectivity index (χ3n) is 5.94. The molecule has 0 aromatic carbocycles. The summed E-state index contributed by atoms with van der Waals surface area (Å²) < 4.78 is 37.4. The van der Waals surface area contributed by atoms with Gasteiger partial charge < -0.3 is 9.80 Å². The summed E-state index contributed by atoms with van der Waals surface area (Å²) in [7, 11) is 2.13. The van der Waals surface area contributed by atoms with E-state index in [1.165, 1.54) is 11.3 Å². The molecule has 3 saturated heterocycles. The smallest absolute Gasteiger partial charge is 0.338 e. The first-order valence-electron chi connectivity index (χ1n) is 9.15. The van der Waals surface area contributed by atoms with Crippen LogP contribution in [0.4, 0.5) is 13.2 Å². The maximum atomic E-state index is 12.9. The molecule has 2 atom stereocenters. The van der Waals surface area contributed by atoms with Crippen LogP contribution < -0.4 is 0 Å². The van der Waals surface area contributed by atoms with Gasteiger partial charge >= 0.3 is 6.18 Å². The lowest BCUT2D eigenvalue weighted by atomic mass is 9.94. The fraction of sp³-hybridized carbons (Fsp3) is 0.941. The van der Waals surface area contributed by atoms with Crippen molar-refractivity contribution in [3.63, 3.8) is 0 Å². The largest absolute Gasteiger partial charge is 0.401 e. The molecule has 0 aromatic heterocycles. The van der Waals surface area contributed by atoms with Gasteiger partial charge in [-0.15, -0.1) is 0 Å². The molecule has 0 bridgehead atoms. The number of hydrogen-bond acceptors (Lipinski definition) is 3. The van der Waals surface area contributed by atoms with Gasteiger partial charge in [0.15, 0.2) is 0 Å². The van der Waals surface area contributed by atoms with E-state index in [0.717, 1.165) is 32.4 Å². The minimum absolute atomic E-state index is 0.0956. The number of carbonyl (C=O) groups is 1. The molecule has 0 aliphatic carbocycles. The molecule has 3 rings (SSSR count). The van der Waals surface area contributed by atoms with Gasteiger partial charge in [0, 0.05) is 24.5 Å². The number of halogens is 3. The summed E-state index contributed by atoms with van der Waals surface area (Å²) in [5.41, 5.74) is 0. The summed E-state index contributed by atoms with van der Waals surface area (Å²) in [6, 6.07) is 0.764. The Bertz CT molecular complexity index is 449. The third-order valence-corrected chi connectivity index (χ3v) is 5.94. The highest BCUT2D eigenvalue weighted by atomic mass is 19.4. The van der Waals surface area contributed by atoms with Crippen molar-refractivity contribution in [1.82, 2.24) is 14.7 Å². The molecule has 7 heteroatoms. The minimum atomic E-state index is -4.15. The Labute approximate surface area is 141 Å². The van der Waals surface area contributed by atoms with E-state index in [9.17, 15) is 18.0 Å². The lowest BCUT2D eigenvalue weighted by Gasteiger charge is -2.37. The topological polar surface area (TPSA) is 26.8 Å². The monoisotopic (exact) mass is 347 g/mol. The normalized spacial score (nSPS) is 31.1. The maximum Gasteiger partial charge on any atom is 0.401 e. The number of carbonyl (C=O) groups excluding carboxylic acids is 1. The number of likely N-dealkylation sites (tertiary alicyclic amines) is 3. The van der Waals surface area contributed by atoms with E-state index in [-0.39, 0.29) is 11.8 Å². The van der Waals surface area contributed by atoms with Crippen molar-refractivity contribution < 1.29 is 18.0 Å². The summed E-state index contributed by atoms with van der Waals surface area (Å²) in [5, 5.41) is 0. The molecule has 0 unspecified atom stereocenters. The zero-order chi connectivity index (χ0) is 17.3. The van der Waals surface area contributed by atoms with Crippen LogP contribution in [0.15, 0.2) is 0 Å². The van der Waals surface area contributed by atoms with Gasteiger partial charge in [-0.3, -0.25) is 9.69 Å². The Morgan fingerprint density at radius 2 is 1.58 bits per heavy atom. The van der Waals surface area contributed by atoms with Gasteiger partial charge in [-0.05, 0) is 65.2 Å². The van der Waals surface area contributed by atoms with E-state index in [2.05, 4.69) is 16.8 Å². The molecule has 138 valence electrons. The Morgan fingerprint density at radius 1 is 0.958 bits per heavy atom. The lowest BCUT2D eigenvalue weighted by Crippen LogP contribution is -2.50. The van der Waals surface area contributed by atoms with Gasteiger partial charge in [-0.2, -0.15) is 13.2 Å². The summed E-state index contributed by atoms with van der Waals surface area (Å²) in [5.74, 6) is 0.0891. The summed E-state index contributed by atoms with van der Waals surface area (Å²) in [6.07, 6.45) is 1.41. The first-order chi connectivity index (χ1) is 11.3. The number of nitrogens with zero attached hydrogens (tertiary/aromatic N) is 3. The van der Waals surface area contributed by atoms with Crippen LogP contribution in [0.25, 0.3) is 0 Å². The number of amides is 1. The van der Waals surface area contributed by atoms with Crippen LogP contribution in [0.3, 0.4) is 0 Å². The first-order valence-corrected chi connectivity index (χ1v) is 9.15. The zero-order valence-electron chi connectivity index (χ0n) is 14.4. The lowest BCUT2D eigenvalue weighted by molar-refractivity contribution is -0.151. The second-order valence-electron chi connectivity index (χ2n) is 7.60. The van der Waals surface area contributed by atoms with Gasteiger partial charge in [-0.25, -0.2) is 0 Å². The number of likely N-dealkylation sites (N-methyl/N-ethyl adjacent to an activating group) is 1.